The van der Waals surface area contributed by atoms with Crippen molar-refractivity contribution in [2.75, 3.05) is 20.3 Å². The van der Waals surface area contributed by atoms with Crippen molar-refractivity contribution in [1.82, 2.24) is 0 Å². The normalized spacial score (nSPS) is 12.5. The lowest BCUT2D eigenvalue weighted by Crippen LogP contribution is -2.22. The Balaban J connectivity index is 2.54. The van der Waals surface area contributed by atoms with Crippen LogP contribution in [-0.2, 0) is 4.74 Å². The number of benzene rings is 1. The molecule has 0 aliphatic carbocycles. The number of rotatable bonds is 5. The molecule has 0 bridgehead atoms. The Labute approximate surface area is 88.4 Å². The Morgan fingerprint density at radius 3 is 2.80 bits per heavy atom. The van der Waals surface area contributed by atoms with Gasteiger partial charge in [-0.05, 0) is 18.6 Å². The molecule has 0 radical (unpaired) electrons. The number of ether oxygens (including phenoxy) is 2. The number of aryl methyl sites for hydroxylation is 1. The zero-order valence-electron chi connectivity index (χ0n) is 8.87. The molecule has 0 saturated carbocycles. The van der Waals surface area contributed by atoms with Crippen molar-refractivity contribution < 1.29 is 19.0 Å². The minimum atomic E-state index is -0.741. The molecular weight excluding hydrogens is 199 g/mol. The van der Waals surface area contributed by atoms with Gasteiger partial charge in [-0.15, -0.1) is 0 Å². The van der Waals surface area contributed by atoms with E-state index in [-0.39, 0.29) is 24.8 Å². The molecule has 0 aromatic heterocycles. The van der Waals surface area contributed by atoms with Gasteiger partial charge in [0.2, 0.25) is 0 Å². The molecule has 0 spiro atoms. The Morgan fingerprint density at radius 2 is 2.13 bits per heavy atom. The molecule has 1 aromatic rings. The molecule has 0 unspecified atom stereocenters. The molecule has 0 saturated heterocycles. The third-order valence-corrected chi connectivity index (χ3v) is 1.95. The maximum atomic E-state index is 13.4. The van der Waals surface area contributed by atoms with Gasteiger partial charge in [0.25, 0.3) is 0 Å². The van der Waals surface area contributed by atoms with Gasteiger partial charge in [-0.1, -0.05) is 12.1 Å². The van der Waals surface area contributed by atoms with Gasteiger partial charge < -0.3 is 14.6 Å². The van der Waals surface area contributed by atoms with Crippen LogP contribution in [0.2, 0.25) is 0 Å². The quantitative estimate of drug-likeness (QED) is 0.807. The fourth-order valence-electron chi connectivity index (χ4n) is 1.16. The average Bonchev–Trinajstić information content (AvgIpc) is 2.21. The summed E-state index contributed by atoms with van der Waals surface area (Å²) < 4.78 is 23.2. The van der Waals surface area contributed by atoms with Crippen molar-refractivity contribution in [3.63, 3.8) is 0 Å². The van der Waals surface area contributed by atoms with Crippen molar-refractivity contribution >= 4 is 0 Å². The number of hydrogen-bond acceptors (Lipinski definition) is 3. The lowest BCUT2D eigenvalue weighted by atomic mass is 10.2. The predicted octanol–water partition coefficient (Wildman–Crippen LogP) is 1.52. The lowest BCUT2D eigenvalue weighted by molar-refractivity contribution is 0.0316. The molecule has 15 heavy (non-hydrogen) atoms. The van der Waals surface area contributed by atoms with E-state index in [0.29, 0.717) is 5.56 Å². The monoisotopic (exact) mass is 214 g/mol. The zero-order valence-corrected chi connectivity index (χ0v) is 8.87. The minimum absolute atomic E-state index is 0.0220. The van der Waals surface area contributed by atoms with Crippen LogP contribution < -0.4 is 4.74 Å². The summed E-state index contributed by atoms with van der Waals surface area (Å²) in [6.45, 7) is 1.86. The predicted molar refractivity (Wildman–Crippen MR) is 54.5 cm³/mol. The fraction of sp³-hybridized carbons (Fsp3) is 0.455. The van der Waals surface area contributed by atoms with E-state index in [1.54, 1.807) is 19.1 Å². The van der Waals surface area contributed by atoms with Gasteiger partial charge in [0.15, 0.2) is 11.6 Å². The first kappa shape index (κ1) is 11.9. The Kier molecular flexibility index (Phi) is 4.52. The van der Waals surface area contributed by atoms with Crippen LogP contribution in [-0.4, -0.2) is 31.5 Å². The first-order chi connectivity index (χ1) is 7.15. The summed E-state index contributed by atoms with van der Waals surface area (Å²) in [5.74, 6) is -0.229. The third-order valence-electron chi connectivity index (χ3n) is 1.95. The second-order valence-electron chi connectivity index (χ2n) is 3.31. The van der Waals surface area contributed by atoms with Gasteiger partial charge in [-0.3, -0.25) is 0 Å². The molecule has 84 valence electrons. The summed E-state index contributed by atoms with van der Waals surface area (Å²) in [5, 5.41) is 9.30. The topological polar surface area (TPSA) is 38.7 Å². The molecule has 0 heterocycles. The highest BCUT2D eigenvalue weighted by molar-refractivity contribution is 5.30. The molecule has 1 rings (SSSR count). The summed E-state index contributed by atoms with van der Waals surface area (Å²) in [4.78, 5) is 0. The van der Waals surface area contributed by atoms with Crippen LogP contribution >= 0.6 is 0 Å². The molecule has 4 heteroatoms. The minimum Gasteiger partial charge on any atom is -0.488 e. The molecule has 1 N–H and O–H groups in total. The standard InChI is InChI=1S/C11H15FO3/c1-8-4-3-5-10(11(8)12)15-7-9(13)6-14-2/h3-5,9,13H,6-7H2,1-2H3/t9-/m1/s1. The van der Waals surface area contributed by atoms with Crippen LogP contribution in [0.1, 0.15) is 5.56 Å². The molecule has 0 aliphatic rings. The van der Waals surface area contributed by atoms with Crippen LogP contribution in [0.15, 0.2) is 18.2 Å². The number of halogens is 1. The van der Waals surface area contributed by atoms with Crippen molar-refractivity contribution in [2.45, 2.75) is 13.0 Å². The Hall–Kier alpha value is -1.13. The molecule has 1 aromatic carbocycles. The van der Waals surface area contributed by atoms with Crippen molar-refractivity contribution in [3.05, 3.63) is 29.6 Å². The highest BCUT2D eigenvalue weighted by atomic mass is 19.1. The fourth-order valence-corrected chi connectivity index (χ4v) is 1.16. The van der Waals surface area contributed by atoms with E-state index in [0.717, 1.165) is 0 Å². The van der Waals surface area contributed by atoms with Crippen molar-refractivity contribution in [2.24, 2.45) is 0 Å². The summed E-state index contributed by atoms with van der Waals surface area (Å²) in [6.07, 6.45) is -0.741. The smallest absolute Gasteiger partial charge is 0.167 e. The molecule has 0 amide bonds. The summed E-state index contributed by atoms with van der Waals surface area (Å²) in [6, 6.07) is 4.89. The number of aliphatic hydroxyl groups is 1. The van der Waals surface area contributed by atoms with Gasteiger partial charge in [-0.25, -0.2) is 4.39 Å². The van der Waals surface area contributed by atoms with E-state index in [2.05, 4.69) is 0 Å². The summed E-state index contributed by atoms with van der Waals surface area (Å²) >= 11 is 0. The largest absolute Gasteiger partial charge is 0.488 e. The number of hydrogen-bond donors (Lipinski definition) is 1. The highest BCUT2D eigenvalue weighted by Gasteiger charge is 2.08. The van der Waals surface area contributed by atoms with Crippen LogP contribution in [0.4, 0.5) is 4.39 Å². The first-order valence-electron chi connectivity index (χ1n) is 4.70. The third kappa shape index (κ3) is 3.49. The maximum absolute atomic E-state index is 13.4. The molecule has 0 aliphatic heterocycles. The van der Waals surface area contributed by atoms with Crippen LogP contribution in [0, 0.1) is 12.7 Å². The van der Waals surface area contributed by atoms with E-state index in [1.807, 2.05) is 0 Å². The molecule has 0 fully saturated rings. The second kappa shape index (κ2) is 5.68. The van der Waals surface area contributed by atoms with E-state index in [4.69, 9.17) is 9.47 Å². The number of methoxy groups -OCH3 is 1. The summed E-state index contributed by atoms with van der Waals surface area (Å²) in [7, 11) is 1.48. The van der Waals surface area contributed by atoms with E-state index in [9.17, 15) is 9.50 Å². The van der Waals surface area contributed by atoms with Crippen molar-refractivity contribution in [3.8, 4) is 5.75 Å². The molecular formula is C11H15FO3. The SMILES string of the molecule is COC[C@@H](O)COc1cccc(C)c1F. The van der Waals surface area contributed by atoms with Crippen LogP contribution in [0.3, 0.4) is 0 Å². The first-order valence-corrected chi connectivity index (χ1v) is 4.70. The summed E-state index contributed by atoms with van der Waals surface area (Å²) in [5.41, 5.74) is 0.522. The van der Waals surface area contributed by atoms with Crippen LogP contribution in [0.5, 0.6) is 5.75 Å². The highest BCUT2D eigenvalue weighted by Crippen LogP contribution is 2.19. The molecule has 1 atom stereocenters. The van der Waals surface area contributed by atoms with E-state index >= 15 is 0 Å². The van der Waals surface area contributed by atoms with Crippen molar-refractivity contribution in [1.29, 1.82) is 0 Å². The second-order valence-corrected chi connectivity index (χ2v) is 3.31. The molecule has 3 nitrogen and oxygen atoms in total. The van der Waals surface area contributed by atoms with Gasteiger partial charge in [0, 0.05) is 7.11 Å². The zero-order chi connectivity index (χ0) is 11.3. The Morgan fingerprint density at radius 1 is 1.40 bits per heavy atom. The van der Waals surface area contributed by atoms with Crippen LogP contribution in [0.25, 0.3) is 0 Å². The van der Waals surface area contributed by atoms with E-state index in [1.165, 1.54) is 13.2 Å². The van der Waals surface area contributed by atoms with E-state index < -0.39 is 6.10 Å². The number of aliphatic hydroxyl groups excluding tert-OH is 1. The maximum Gasteiger partial charge on any atom is 0.167 e. The van der Waals surface area contributed by atoms with Gasteiger partial charge in [0.1, 0.15) is 12.7 Å². The lowest BCUT2D eigenvalue weighted by Gasteiger charge is -2.12. The van der Waals surface area contributed by atoms with Gasteiger partial charge >= 0.3 is 0 Å². The average molecular weight is 214 g/mol. The van der Waals surface area contributed by atoms with Gasteiger partial charge in [-0.2, -0.15) is 0 Å². The Bertz CT molecular complexity index is 315. The van der Waals surface area contributed by atoms with Gasteiger partial charge in [0.05, 0.1) is 6.61 Å².